The van der Waals surface area contributed by atoms with Gasteiger partial charge >= 0.3 is 0 Å². The smallest absolute Gasteiger partial charge is 0.265 e. The van der Waals surface area contributed by atoms with Gasteiger partial charge in [-0.25, -0.2) is 8.42 Å². The maximum atomic E-state index is 12.9. The molecule has 1 aliphatic rings. The minimum absolute atomic E-state index is 0.0253. The molecule has 2 aromatic rings. The zero-order chi connectivity index (χ0) is 22.1. The number of carbonyl (C=O) groups excluding carboxylic acids is 2. The number of sulfonamides is 1. The summed E-state index contributed by atoms with van der Waals surface area (Å²) in [6.07, 6.45) is 2.24. The molecule has 0 bridgehead atoms. The van der Waals surface area contributed by atoms with Crippen LogP contribution in [0.25, 0.3) is 0 Å². The summed E-state index contributed by atoms with van der Waals surface area (Å²) in [7, 11) is -0.464. The Morgan fingerprint density at radius 2 is 1.87 bits per heavy atom. The summed E-state index contributed by atoms with van der Waals surface area (Å²) in [6, 6.07) is 8.65. The number of aryl methyl sites for hydroxylation is 1. The van der Waals surface area contributed by atoms with E-state index in [1.165, 1.54) is 21.1 Å². The monoisotopic (exact) mass is 452 g/mol. The molecule has 3 rings (SSSR count). The van der Waals surface area contributed by atoms with Crippen LogP contribution in [0.2, 0.25) is 5.02 Å². The second kappa shape index (κ2) is 8.79. The Balaban J connectivity index is 1.63. The molecule has 2 heterocycles. The number of aromatic nitrogens is 1. The van der Waals surface area contributed by atoms with Gasteiger partial charge in [0.05, 0.1) is 0 Å². The number of piperidine rings is 1. The fourth-order valence-electron chi connectivity index (χ4n) is 3.68. The average Bonchev–Trinajstić information content (AvgIpc) is 3.12. The molecule has 0 radical (unpaired) electrons. The van der Waals surface area contributed by atoms with Gasteiger partial charge in [-0.3, -0.25) is 9.59 Å². The Hall–Kier alpha value is -2.36. The lowest BCUT2D eigenvalue weighted by Crippen LogP contribution is -2.43. The molecule has 1 aromatic heterocycles. The highest BCUT2D eigenvalue weighted by molar-refractivity contribution is 7.89. The summed E-state index contributed by atoms with van der Waals surface area (Å²) in [4.78, 5) is 25.9. The third-order valence-electron chi connectivity index (χ3n) is 5.41. The minimum atomic E-state index is -3.76. The first kappa shape index (κ1) is 22.3. The normalized spacial score (nSPS) is 15.8. The predicted octanol–water partition coefficient (Wildman–Crippen LogP) is 1.84. The first-order valence-corrected chi connectivity index (χ1v) is 11.4. The standard InChI is InChI=1S/C20H25ClN4O4S/c1-23-13-16(11-18(23)19(22)26)30(28,29)25-9-7-14(8-10-25)20(27)24(2)12-15-5-3-4-6-17(15)21/h3-6,11,13-14H,7-10,12H2,1-2H3,(H2,22,26). The number of nitrogens with two attached hydrogens (primary N) is 1. The number of hydrogen-bond acceptors (Lipinski definition) is 4. The molecule has 1 aromatic carbocycles. The van der Waals surface area contributed by atoms with Crippen LogP contribution in [0.3, 0.4) is 0 Å². The number of rotatable bonds is 6. The van der Waals surface area contributed by atoms with E-state index < -0.39 is 15.9 Å². The molecule has 2 amide bonds. The third kappa shape index (κ3) is 4.53. The number of halogens is 1. The van der Waals surface area contributed by atoms with Crippen LogP contribution in [0.4, 0.5) is 0 Å². The maximum Gasteiger partial charge on any atom is 0.265 e. The third-order valence-corrected chi connectivity index (χ3v) is 7.65. The van der Waals surface area contributed by atoms with E-state index in [9.17, 15) is 18.0 Å². The molecule has 0 spiro atoms. The van der Waals surface area contributed by atoms with Crippen LogP contribution in [-0.2, 0) is 28.4 Å². The SMILES string of the molecule is CN(Cc1ccccc1Cl)C(=O)C1CCN(S(=O)(=O)c2cc(C(N)=O)n(C)c2)CC1. The summed E-state index contributed by atoms with van der Waals surface area (Å²) >= 11 is 6.18. The van der Waals surface area contributed by atoms with Gasteiger partial charge in [0, 0.05) is 50.9 Å². The van der Waals surface area contributed by atoms with E-state index in [2.05, 4.69) is 0 Å². The zero-order valence-corrected chi connectivity index (χ0v) is 18.5. The van der Waals surface area contributed by atoms with Crippen molar-refractivity contribution in [3.05, 3.63) is 52.8 Å². The van der Waals surface area contributed by atoms with Gasteiger partial charge in [0.25, 0.3) is 5.91 Å². The summed E-state index contributed by atoms with van der Waals surface area (Å²) < 4.78 is 28.6. The van der Waals surface area contributed by atoms with E-state index in [0.29, 0.717) is 24.4 Å². The highest BCUT2D eigenvalue weighted by Gasteiger charge is 2.34. The van der Waals surface area contributed by atoms with E-state index >= 15 is 0 Å². The van der Waals surface area contributed by atoms with Crippen molar-refractivity contribution in [3.8, 4) is 0 Å². The number of nitrogens with zero attached hydrogens (tertiary/aromatic N) is 3. The van der Waals surface area contributed by atoms with Crippen molar-refractivity contribution in [1.29, 1.82) is 0 Å². The largest absolute Gasteiger partial charge is 0.364 e. The molecular formula is C20H25ClN4O4S. The van der Waals surface area contributed by atoms with Gasteiger partial charge in [0.1, 0.15) is 10.6 Å². The quantitative estimate of drug-likeness (QED) is 0.721. The van der Waals surface area contributed by atoms with Gasteiger partial charge < -0.3 is 15.2 Å². The van der Waals surface area contributed by atoms with Crippen molar-refractivity contribution >= 4 is 33.4 Å². The van der Waals surface area contributed by atoms with Crippen LogP contribution in [0.5, 0.6) is 0 Å². The van der Waals surface area contributed by atoms with Gasteiger partial charge in [-0.05, 0) is 30.5 Å². The Labute approximate surface area is 181 Å². The first-order valence-electron chi connectivity index (χ1n) is 9.56. The van der Waals surface area contributed by atoms with Crippen molar-refractivity contribution in [2.75, 3.05) is 20.1 Å². The van der Waals surface area contributed by atoms with Gasteiger partial charge in [-0.15, -0.1) is 0 Å². The second-order valence-electron chi connectivity index (χ2n) is 7.50. The summed E-state index contributed by atoms with van der Waals surface area (Å²) in [6.45, 7) is 0.871. The molecule has 1 aliphatic heterocycles. The number of carbonyl (C=O) groups is 2. The highest BCUT2D eigenvalue weighted by Crippen LogP contribution is 2.26. The molecule has 2 N–H and O–H groups in total. The molecular weight excluding hydrogens is 428 g/mol. The van der Waals surface area contributed by atoms with Gasteiger partial charge in [-0.1, -0.05) is 29.8 Å². The van der Waals surface area contributed by atoms with Gasteiger partial charge in [0.2, 0.25) is 15.9 Å². The van der Waals surface area contributed by atoms with Crippen molar-refractivity contribution in [1.82, 2.24) is 13.8 Å². The number of hydrogen-bond donors (Lipinski definition) is 1. The molecule has 1 fully saturated rings. The molecule has 162 valence electrons. The van der Waals surface area contributed by atoms with E-state index in [1.54, 1.807) is 25.1 Å². The molecule has 0 saturated carbocycles. The number of primary amides is 1. The number of benzene rings is 1. The molecule has 30 heavy (non-hydrogen) atoms. The van der Waals surface area contributed by atoms with Gasteiger partial charge in [-0.2, -0.15) is 4.31 Å². The Bertz CT molecular complexity index is 1060. The second-order valence-corrected chi connectivity index (χ2v) is 9.85. The molecule has 10 heteroatoms. The van der Waals surface area contributed by atoms with Crippen molar-refractivity contribution in [2.45, 2.75) is 24.3 Å². The fourth-order valence-corrected chi connectivity index (χ4v) is 5.42. The zero-order valence-electron chi connectivity index (χ0n) is 16.9. The summed E-state index contributed by atoms with van der Waals surface area (Å²) in [5.74, 6) is -0.964. The topological polar surface area (TPSA) is 106 Å². The average molecular weight is 453 g/mol. The van der Waals surface area contributed by atoms with Crippen LogP contribution < -0.4 is 5.73 Å². The maximum absolute atomic E-state index is 12.9. The van der Waals surface area contributed by atoms with Crippen molar-refractivity contribution in [2.24, 2.45) is 18.7 Å². The van der Waals surface area contributed by atoms with Crippen molar-refractivity contribution in [3.63, 3.8) is 0 Å². The minimum Gasteiger partial charge on any atom is -0.364 e. The van der Waals surface area contributed by atoms with Crippen LogP contribution in [0.15, 0.2) is 41.4 Å². The lowest BCUT2D eigenvalue weighted by molar-refractivity contribution is -0.135. The van der Waals surface area contributed by atoms with Crippen LogP contribution in [0, 0.1) is 5.92 Å². The van der Waals surface area contributed by atoms with E-state index in [0.717, 1.165) is 5.56 Å². The summed E-state index contributed by atoms with van der Waals surface area (Å²) in [5.41, 5.74) is 6.27. The lowest BCUT2D eigenvalue weighted by Gasteiger charge is -2.32. The van der Waals surface area contributed by atoms with Crippen LogP contribution >= 0.6 is 11.6 Å². The van der Waals surface area contributed by atoms with E-state index in [4.69, 9.17) is 17.3 Å². The van der Waals surface area contributed by atoms with Gasteiger partial charge in [0.15, 0.2) is 0 Å². The molecule has 0 aliphatic carbocycles. The lowest BCUT2D eigenvalue weighted by atomic mass is 9.96. The van der Waals surface area contributed by atoms with E-state index in [-0.39, 0.29) is 35.5 Å². The predicted molar refractivity (Wildman–Crippen MR) is 113 cm³/mol. The molecule has 0 atom stereocenters. The molecule has 0 unspecified atom stereocenters. The van der Waals surface area contributed by atoms with Crippen LogP contribution in [-0.4, -0.2) is 54.1 Å². The summed E-state index contributed by atoms with van der Waals surface area (Å²) in [5, 5.41) is 0.608. The number of amides is 2. The fraction of sp³-hybridized carbons (Fsp3) is 0.400. The Morgan fingerprint density at radius 3 is 2.43 bits per heavy atom. The van der Waals surface area contributed by atoms with E-state index in [1.807, 2.05) is 18.2 Å². The first-order chi connectivity index (χ1) is 14.1. The Morgan fingerprint density at radius 1 is 1.23 bits per heavy atom. The Kier molecular flexibility index (Phi) is 6.54. The molecule has 8 nitrogen and oxygen atoms in total. The molecule has 1 saturated heterocycles. The highest BCUT2D eigenvalue weighted by atomic mass is 35.5. The van der Waals surface area contributed by atoms with Crippen LogP contribution in [0.1, 0.15) is 28.9 Å². The van der Waals surface area contributed by atoms with Crippen molar-refractivity contribution < 1.29 is 18.0 Å².